The van der Waals surface area contributed by atoms with Crippen LogP contribution >= 0.6 is 0 Å². The van der Waals surface area contributed by atoms with E-state index in [1.54, 1.807) is 0 Å². The van der Waals surface area contributed by atoms with E-state index in [0.29, 0.717) is 6.42 Å². The minimum atomic E-state index is -0.897. The third-order valence-electron chi connectivity index (χ3n) is 7.42. The summed E-state index contributed by atoms with van der Waals surface area (Å²) < 4.78 is 5.23. The van der Waals surface area contributed by atoms with Crippen LogP contribution < -0.4 is 0 Å². The summed E-state index contributed by atoms with van der Waals surface area (Å²) in [6, 6.07) is 0. The third-order valence-corrected chi connectivity index (χ3v) is 7.42. The predicted molar refractivity (Wildman–Crippen MR) is 103 cm³/mol. The van der Waals surface area contributed by atoms with Crippen LogP contribution in [-0.4, -0.2) is 46.2 Å². The van der Waals surface area contributed by atoms with E-state index in [2.05, 4.69) is 27.7 Å². The van der Waals surface area contributed by atoms with E-state index in [1.807, 2.05) is 6.08 Å². The van der Waals surface area contributed by atoms with Gasteiger partial charge in [-0.15, -0.1) is 0 Å². The number of aliphatic hydroxyl groups is 3. The Morgan fingerprint density at radius 2 is 1.89 bits per heavy atom. The van der Waals surface area contributed by atoms with Gasteiger partial charge in [0.1, 0.15) is 12.7 Å². The Balaban J connectivity index is 2.14. The van der Waals surface area contributed by atoms with Gasteiger partial charge < -0.3 is 20.1 Å². The molecule has 5 heteroatoms. The van der Waals surface area contributed by atoms with Crippen LogP contribution in [0.2, 0.25) is 0 Å². The zero-order valence-electron chi connectivity index (χ0n) is 17.2. The maximum Gasteiger partial charge on any atom is 0.302 e. The van der Waals surface area contributed by atoms with Crippen LogP contribution in [0.25, 0.3) is 0 Å². The molecule has 1 fully saturated rings. The lowest BCUT2D eigenvalue weighted by molar-refractivity contribution is -0.140. The van der Waals surface area contributed by atoms with Gasteiger partial charge in [0, 0.05) is 6.92 Å². The normalized spacial score (nSPS) is 41.7. The molecule has 3 aliphatic carbocycles. The highest BCUT2D eigenvalue weighted by Gasteiger charge is 2.56. The summed E-state index contributed by atoms with van der Waals surface area (Å²) in [5, 5.41) is 32.2. The Labute approximate surface area is 162 Å². The first kappa shape index (κ1) is 20.6. The van der Waals surface area contributed by atoms with Gasteiger partial charge in [-0.05, 0) is 65.1 Å². The lowest BCUT2D eigenvalue weighted by Gasteiger charge is -2.40. The standard InChI is InChI=1S/C22H34O5/c1-12(2)18-20(26)19(25)16-10-15-14(11-27-13(3)23)17(24)6-7-21(15,4)8-9-22(16,18)5/h10,12,17-20,24-26H,6-9,11H2,1-5H3/t17-,18+,19-,20+,21+,22+/m1/s1. The summed E-state index contributed by atoms with van der Waals surface area (Å²) in [4.78, 5) is 11.3. The van der Waals surface area contributed by atoms with Crippen LogP contribution in [0.3, 0.4) is 0 Å². The molecule has 5 nitrogen and oxygen atoms in total. The highest BCUT2D eigenvalue weighted by atomic mass is 16.5. The topological polar surface area (TPSA) is 87.0 Å². The summed E-state index contributed by atoms with van der Waals surface area (Å²) in [6.45, 7) is 10.0. The molecular weight excluding hydrogens is 344 g/mol. The van der Waals surface area contributed by atoms with Crippen LogP contribution in [0.4, 0.5) is 0 Å². The molecule has 0 heterocycles. The maximum atomic E-state index is 11.3. The molecule has 27 heavy (non-hydrogen) atoms. The molecule has 0 aromatic carbocycles. The lowest BCUT2D eigenvalue weighted by atomic mass is 9.65. The molecule has 0 aromatic rings. The number of carbonyl (C=O) groups excluding carboxylic acids is 1. The van der Waals surface area contributed by atoms with Crippen molar-refractivity contribution in [2.75, 3.05) is 6.61 Å². The Hall–Kier alpha value is -1.17. The largest absolute Gasteiger partial charge is 0.461 e. The van der Waals surface area contributed by atoms with Gasteiger partial charge in [0.25, 0.3) is 0 Å². The van der Waals surface area contributed by atoms with Crippen molar-refractivity contribution in [3.63, 3.8) is 0 Å². The summed E-state index contributed by atoms with van der Waals surface area (Å²) in [7, 11) is 0. The second kappa shape index (κ2) is 7.02. The first-order valence-electron chi connectivity index (χ1n) is 10.1. The number of allylic oxidation sites excluding steroid dienone is 2. The van der Waals surface area contributed by atoms with Crippen molar-refractivity contribution < 1.29 is 24.9 Å². The first-order chi connectivity index (χ1) is 12.5. The van der Waals surface area contributed by atoms with E-state index in [9.17, 15) is 20.1 Å². The van der Waals surface area contributed by atoms with Crippen molar-refractivity contribution in [3.8, 4) is 0 Å². The molecule has 0 aliphatic heterocycles. The van der Waals surface area contributed by atoms with Crippen LogP contribution in [-0.2, 0) is 9.53 Å². The van der Waals surface area contributed by atoms with Crippen molar-refractivity contribution in [2.24, 2.45) is 22.7 Å². The van der Waals surface area contributed by atoms with Gasteiger partial charge in [-0.1, -0.05) is 33.8 Å². The molecule has 3 aliphatic rings. The second-order valence-electron chi connectivity index (χ2n) is 9.56. The fraction of sp³-hybridized carbons (Fsp3) is 0.773. The zero-order chi connectivity index (χ0) is 20.1. The minimum Gasteiger partial charge on any atom is -0.461 e. The minimum absolute atomic E-state index is 0.00931. The molecule has 0 radical (unpaired) electrons. The third kappa shape index (κ3) is 3.28. The fourth-order valence-electron chi connectivity index (χ4n) is 5.88. The highest BCUT2D eigenvalue weighted by Crippen LogP contribution is 2.59. The first-order valence-corrected chi connectivity index (χ1v) is 10.1. The smallest absolute Gasteiger partial charge is 0.302 e. The van der Waals surface area contributed by atoms with E-state index in [4.69, 9.17) is 4.74 Å². The molecule has 0 unspecified atom stereocenters. The monoisotopic (exact) mass is 378 g/mol. The van der Waals surface area contributed by atoms with Crippen LogP contribution in [0.5, 0.6) is 0 Å². The SMILES string of the molecule is CC(=O)OCC1=C2C=C3[C@@H](O)[C@@H](O)[C@H](C(C)C)[C@@]3(C)CC[C@]2(C)CC[C@H]1O. The Morgan fingerprint density at radius 1 is 1.22 bits per heavy atom. The number of hydrogen-bond donors (Lipinski definition) is 3. The van der Waals surface area contributed by atoms with Gasteiger partial charge >= 0.3 is 5.97 Å². The number of hydrogen-bond acceptors (Lipinski definition) is 5. The molecular formula is C22H34O5. The second-order valence-corrected chi connectivity index (χ2v) is 9.56. The van der Waals surface area contributed by atoms with E-state index in [0.717, 1.165) is 36.0 Å². The van der Waals surface area contributed by atoms with Gasteiger partial charge in [-0.3, -0.25) is 4.79 Å². The predicted octanol–water partition coefficient (Wildman–Crippen LogP) is 2.74. The Morgan fingerprint density at radius 3 is 2.48 bits per heavy atom. The van der Waals surface area contributed by atoms with Gasteiger partial charge in [-0.25, -0.2) is 0 Å². The summed E-state index contributed by atoms with van der Waals surface area (Å²) in [6.07, 6.45) is 3.00. The van der Waals surface area contributed by atoms with Crippen molar-refractivity contribution in [2.45, 2.75) is 78.6 Å². The summed E-state index contributed by atoms with van der Waals surface area (Å²) >= 11 is 0. The molecule has 3 rings (SSSR count). The average Bonchev–Trinajstić information content (AvgIpc) is 2.68. The Kier molecular flexibility index (Phi) is 5.34. The molecule has 152 valence electrons. The summed E-state index contributed by atoms with van der Waals surface area (Å²) in [5.74, 6) is -0.131. The number of carbonyl (C=O) groups is 1. The number of aliphatic hydroxyl groups excluding tert-OH is 3. The highest BCUT2D eigenvalue weighted by molar-refractivity contribution is 5.66. The number of fused-ring (bicyclic) bond motifs is 2. The maximum absolute atomic E-state index is 11.3. The van der Waals surface area contributed by atoms with Crippen LogP contribution in [0, 0.1) is 22.7 Å². The zero-order valence-corrected chi connectivity index (χ0v) is 17.2. The molecule has 3 N–H and O–H groups in total. The Bertz CT molecular complexity index is 678. The molecule has 0 saturated heterocycles. The van der Waals surface area contributed by atoms with Gasteiger partial charge in [0.2, 0.25) is 0 Å². The number of esters is 1. The van der Waals surface area contributed by atoms with E-state index >= 15 is 0 Å². The van der Waals surface area contributed by atoms with Crippen molar-refractivity contribution >= 4 is 5.97 Å². The molecule has 1 saturated carbocycles. The van der Waals surface area contributed by atoms with Crippen molar-refractivity contribution in [1.29, 1.82) is 0 Å². The summed E-state index contributed by atoms with van der Waals surface area (Å²) in [5.41, 5.74) is 2.18. The lowest BCUT2D eigenvalue weighted by Crippen LogP contribution is -2.36. The molecule has 0 spiro atoms. The van der Waals surface area contributed by atoms with E-state index in [-0.39, 0.29) is 35.2 Å². The number of ether oxygens (including phenoxy) is 1. The molecule has 0 amide bonds. The fourth-order valence-corrected chi connectivity index (χ4v) is 5.88. The van der Waals surface area contributed by atoms with Crippen molar-refractivity contribution in [3.05, 3.63) is 22.8 Å². The number of rotatable bonds is 3. The van der Waals surface area contributed by atoms with Crippen LogP contribution in [0.15, 0.2) is 22.8 Å². The van der Waals surface area contributed by atoms with E-state index in [1.165, 1.54) is 6.92 Å². The molecule has 0 aromatic heterocycles. The van der Waals surface area contributed by atoms with E-state index < -0.39 is 18.3 Å². The van der Waals surface area contributed by atoms with Crippen molar-refractivity contribution in [1.82, 2.24) is 0 Å². The average molecular weight is 379 g/mol. The van der Waals surface area contributed by atoms with Gasteiger partial charge in [0.15, 0.2) is 0 Å². The quantitative estimate of drug-likeness (QED) is 0.658. The van der Waals surface area contributed by atoms with Gasteiger partial charge in [0.05, 0.1) is 12.2 Å². The van der Waals surface area contributed by atoms with Crippen LogP contribution in [0.1, 0.15) is 60.3 Å². The van der Waals surface area contributed by atoms with Gasteiger partial charge in [-0.2, -0.15) is 0 Å². The molecule has 6 atom stereocenters. The molecule has 0 bridgehead atoms.